The van der Waals surface area contributed by atoms with Crippen LogP contribution in [0.1, 0.15) is 91.4 Å². The molecule has 4 fully saturated rings. The van der Waals surface area contributed by atoms with Crippen LogP contribution in [0.25, 0.3) is 0 Å². The van der Waals surface area contributed by atoms with Crippen LogP contribution in [0.3, 0.4) is 0 Å². The second kappa shape index (κ2) is 9.49. The smallest absolute Gasteiger partial charge is 0.414 e. The average Bonchev–Trinajstić information content (AvgIpc) is 3.15. The van der Waals surface area contributed by atoms with E-state index in [0.29, 0.717) is 11.8 Å². The van der Waals surface area contributed by atoms with Gasteiger partial charge in [-0.15, -0.1) is 0 Å². The van der Waals surface area contributed by atoms with Gasteiger partial charge in [0.05, 0.1) is 24.2 Å². The molecule has 174 valence electrons. The SMILES string of the molecule is CC(C)(C)[Si](C)(C)O[C@H]1C[C@@H](C#N)[C@@H]1B1O[C@H](C2CCCCC2)[C@@H](C2CCCCC2)O1. The third-order valence-corrected chi connectivity index (χ3v) is 13.8. The Labute approximate surface area is 192 Å². The first-order valence-electron chi connectivity index (χ1n) is 13.1. The Kier molecular flexibility index (Phi) is 7.28. The van der Waals surface area contributed by atoms with E-state index in [1.165, 1.54) is 64.2 Å². The summed E-state index contributed by atoms with van der Waals surface area (Å²) < 4.78 is 20.4. The molecule has 1 saturated heterocycles. The monoisotopic (exact) mass is 445 g/mol. The molecule has 0 aromatic carbocycles. The zero-order valence-electron chi connectivity index (χ0n) is 20.6. The summed E-state index contributed by atoms with van der Waals surface area (Å²) in [5.74, 6) is 1.33. The lowest BCUT2D eigenvalue weighted by Gasteiger charge is -2.48. The first-order chi connectivity index (χ1) is 14.7. The largest absolute Gasteiger partial charge is 0.464 e. The van der Waals surface area contributed by atoms with Gasteiger partial charge in [-0.05, 0) is 62.1 Å². The molecule has 0 bridgehead atoms. The Hall–Kier alpha value is -0.348. The summed E-state index contributed by atoms with van der Waals surface area (Å²) in [4.78, 5) is 0. The molecule has 0 spiro atoms. The molecule has 3 saturated carbocycles. The predicted molar refractivity (Wildman–Crippen MR) is 128 cm³/mol. The van der Waals surface area contributed by atoms with Gasteiger partial charge in [0.15, 0.2) is 8.32 Å². The minimum atomic E-state index is -1.89. The molecule has 0 N–H and O–H groups in total. The van der Waals surface area contributed by atoms with E-state index in [9.17, 15) is 5.26 Å². The van der Waals surface area contributed by atoms with Gasteiger partial charge in [0.1, 0.15) is 0 Å². The number of nitrogens with zero attached hydrogens (tertiary/aromatic N) is 1. The Balaban J connectivity index is 1.50. The molecule has 4 rings (SSSR count). The minimum Gasteiger partial charge on any atom is -0.414 e. The fourth-order valence-electron chi connectivity index (χ4n) is 6.18. The van der Waals surface area contributed by atoms with Crippen LogP contribution in [-0.2, 0) is 13.7 Å². The summed E-state index contributed by atoms with van der Waals surface area (Å²) in [5, 5.41) is 9.99. The van der Waals surface area contributed by atoms with Crippen molar-refractivity contribution in [3.63, 3.8) is 0 Å². The van der Waals surface area contributed by atoms with Crippen molar-refractivity contribution >= 4 is 15.4 Å². The molecule has 0 radical (unpaired) electrons. The Morgan fingerprint density at radius 3 is 1.77 bits per heavy atom. The standard InChI is InChI=1S/C25H44BNO3Si/c1-25(2,3)31(4,5)30-21-16-20(17-27)22(21)26-28-23(18-12-8-6-9-13-18)24(29-26)19-14-10-7-11-15-19/h18-24H,6-16H2,1-5H3/t20-,21-,22-,23+,24+/m0/s1. The highest BCUT2D eigenvalue weighted by molar-refractivity contribution is 6.74. The summed E-state index contributed by atoms with van der Waals surface area (Å²) >= 11 is 0. The molecule has 0 unspecified atom stereocenters. The van der Waals surface area contributed by atoms with Crippen LogP contribution >= 0.6 is 0 Å². The predicted octanol–water partition coefficient (Wildman–Crippen LogP) is 6.72. The van der Waals surface area contributed by atoms with Gasteiger partial charge in [0.25, 0.3) is 0 Å². The van der Waals surface area contributed by atoms with Crippen LogP contribution in [0.2, 0.25) is 23.9 Å². The first-order valence-corrected chi connectivity index (χ1v) is 16.0. The molecule has 0 aromatic heterocycles. The molecular weight excluding hydrogens is 401 g/mol. The molecule has 4 aliphatic rings. The zero-order valence-corrected chi connectivity index (χ0v) is 21.6. The molecule has 31 heavy (non-hydrogen) atoms. The third-order valence-electron chi connectivity index (χ3n) is 9.25. The molecule has 0 amide bonds. The van der Waals surface area contributed by atoms with E-state index in [4.69, 9.17) is 13.7 Å². The Morgan fingerprint density at radius 2 is 1.35 bits per heavy atom. The number of hydrogen-bond acceptors (Lipinski definition) is 4. The molecule has 6 heteroatoms. The van der Waals surface area contributed by atoms with Crippen molar-refractivity contribution in [1.29, 1.82) is 5.26 Å². The van der Waals surface area contributed by atoms with Crippen molar-refractivity contribution in [1.82, 2.24) is 0 Å². The van der Waals surface area contributed by atoms with Crippen LogP contribution in [0, 0.1) is 29.1 Å². The van der Waals surface area contributed by atoms with Crippen LogP contribution in [-0.4, -0.2) is 33.7 Å². The third kappa shape index (κ3) is 4.95. The minimum absolute atomic E-state index is 0.00289. The van der Waals surface area contributed by atoms with Crippen LogP contribution in [0.15, 0.2) is 0 Å². The van der Waals surface area contributed by atoms with Gasteiger partial charge >= 0.3 is 7.12 Å². The van der Waals surface area contributed by atoms with E-state index in [2.05, 4.69) is 39.9 Å². The van der Waals surface area contributed by atoms with Gasteiger partial charge in [-0.2, -0.15) is 5.26 Å². The van der Waals surface area contributed by atoms with Gasteiger partial charge in [-0.1, -0.05) is 59.3 Å². The second-order valence-corrected chi connectivity index (χ2v) is 17.1. The lowest BCUT2D eigenvalue weighted by Crippen LogP contribution is -2.54. The van der Waals surface area contributed by atoms with Crippen LogP contribution < -0.4 is 0 Å². The van der Waals surface area contributed by atoms with Crippen molar-refractivity contribution in [3.8, 4) is 6.07 Å². The molecule has 3 aliphatic carbocycles. The summed E-state index contributed by atoms with van der Waals surface area (Å²) in [6.07, 6.45) is 14.5. The fourth-order valence-corrected chi connectivity index (χ4v) is 7.54. The van der Waals surface area contributed by atoms with Crippen LogP contribution in [0.5, 0.6) is 0 Å². The van der Waals surface area contributed by atoms with E-state index in [1.807, 2.05) is 0 Å². The lowest BCUT2D eigenvalue weighted by molar-refractivity contribution is 0.0324. The van der Waals surface area contributed by atoms with Crippen molar-refractivity contribution in [2.45, 2.75) is 134 Å². The maximum Gasteiger partial charge on any atom is 0.464 e. The van der Waals surface area contributed by atoms with Crippen molar-refractivity contribution in [2.75, 3.05) is 0 Å². The lowest BCUT2D eigenvalue weighted by atomic mass is 9.53. The number of hydrogen-bond donors (Lipinski definition) is 0. The van der Waals surface area contributed by atoms with Crippen molar-refractivity contribution < 1.29 is 13.7 Å². The highest BCUT2D eigenvalue weighted by Crippen LogP contribution is 2.52. The maximum atomic E-state index is 9.82. The highest BCUT2D eigenvalue weighted by atomic mass is 28.4. The van der Waals surface area contributed by atoms with Crippen LogP contribution in [0.4, 0.5) is 0 Å². The molecule has 0 aromatic rings. The van der Waals surface area contributed by atoms with Gasteiger partial charge in [0.2, 0.25) is 0 Å². The highest BCUT2D eigenvalue weighted by Gasteiger charge is 2.59. The Morgan fingerprint density at radius 1 is 0.871 bits per heavy atom. The average molecular weight is 446 g/mol. The molecule has 1 heterocycles. The quantitative estimate of drug-likeness (QED) is 0.441. The maximum absolute atomic E-state index is 9.82. The van der Waals surface area contributed by atoms with E-state index in [1.54, 1.807) is 0 Å². The second-order valence-electron chi connectivity index (χ2n) is 12.3. The molecule has 1 aliphatic heterocycles. The zero-order chi connectivity index (χ0) is 22.2. The summed E-state index contributed by atoms with van der Waals surface area (Å²) in [7, 11) is -2.15. The normalized spacial score (nSPS) is 36.3. The van der Waals surface area contributed by atoms with Gasteiger partial charge in [-0.3, -0.25) is 0 Å². The van der Waals surface area contributed by atoms with E-state index in [0.717, 1.165) is 6.42 Å². The summed E-state index contributed by atoms with van der Waals surface area (Å²) in [6, 6.07) is 2.55. The van der Waals surface area contributed by atoms with Gasteiger partial charge < -0.3 is 13.7 Å². The number of rotatable bonds is 5. The topological polar surface area (TPSA) is 51.5 Å². The molecule has 5 atom stereocenters. The summed E-state index contributed by atoms with van der Waals surface area (Å²) in [5.41, 5.74) is 0. The van der Waals surface area contributed by atoms with Crippen molar-refractivity contribution in [3.05, 3.63) is 0 Å². The molecular formula is C25H44BNO3Si. The van der Waals surface area contributed by atoms with Gasteiger partial charge in [-0.25, -0.2) is 0 Å². The Bertz CT molecular complexity index is 622. The molecule has 4 nitrogen and oxygen atoms in total. The van der Waals surface area contributed by atoms with Crippen molar-refractivity contribution in [2.24, 2.45) is 17.8 Å². The summed E-state index contributed by atoms with van der Waals surface area (Å²) in [6.45, 7) is 11.5. The first kappa shape index (κ1) is 23.8. The van der Waals surface area contributed by atoms with E-state index < -0.39 is 8.32 Å². The fraction of sp³-hybridized carbons (Fsp3) is 0.960. The van der Waals surface area contributed by atoms with Gasteiger partial charge in [0, 0.05) is 11.9 Å². The number of nitriles is 1. The van der Waals surface area contributed by atoms with E-state index >= 15 is 0 Å². The van der Waals surface area contributed by atoms with E-state index in [-0.39, 0.29) is 42.2 Å².